The van der Waals surface area contributed by atoms with Gasteiger partial charge in [0.25, 0.3) is 0 Å². The quantitative estimate of drug-likeness (QED) is 0.397. The van der Waals surface area contributed by atoms with Crippen LogP contribution in [0.25, 0.3) is 5.70 Å². The molecule has 0 spiro atoms. The molecule has 0 aromatic heterocycles. The molecule has 2 aromatic rings. The lowest BCUT2D eigenvalue weighted by Crippen LogP contribution is -2.43. The van der Waals surface area contributed by atoms with Crippen molar-refractivity contribution >= 4 is 11.7 Å². The van der Waals surface area contributed by atoms with Gasteiger partial charge in [-0.2, -0.15) is 0 Å². The van der Waals surface area contributed by atoms with E-state index in [2.05, 4.69) is 4.90 Å². The molecule has 2 atom stereocenters. The van der Waals surface area contributed by atoms with Gasteiger partial charge < -0.3 is 36.7 Å². The Morgan fingerprint density at radius 1 is 1.09 bits per heavy atom. The van der Waals surface area contributed by atoms with Gasteiger partial charge in [-0.25, -0.2) is 4.79 Å². The highest BCUT2D eigenvalue weighted by Gasteiger charge is 2.32. The minimum Gasteiger partial charge on any atom is -0.507 e. The van der Waals surface area contributed by atoms with Crippen LogP contribution in [0, 0.1) is 0 Å². The number of piperidine rings is 1. The number of likely N-dealkylation sites (tertiary alicyclic amines) is 1. The Hall–Kier alpha value is -3.65. The predicted molar refractivity (Wildman–Crippen MR) is 123 cm³/mol. The first-order chi connectivity index (χ1) is 15.3. The van der Waals surface area contributed by atoms with E-state index in [0.29, 0.717) is 35.6 Å². The summed E-state index contributed by atoms with van der Waals surface area (Å²) in [6.07, 6.45) is 2.44. The molecule has 8 nitrogen and oxygen atoms in total. The van der Waals surface area contributed by atoms with Crippen molar-refractivity contribution in [3.8, 4) is 5.75 Å². The van der Waals surface area contributed by atoms with Crippen molar-refractivity contribution in [3.05, 3.63) is 82.8 Å². The van der Waals surface area contributed by atoms with Crippen LogP contribution in [0.1, 0.15) is 33.8 Å². The summed E-state index contributed by atoms with van der Waals surface area (Å²) >= 11 is 0. The van der Waals surface area contributed by atoms with E-state index in [-0.39, 0.29) is 29.6 Å². The van der Waals surface area contributed by atoms with Crippen LogP contribution in [0.3, 0.4) is 0 Å². The van der Waals surface area contributed by atoms with Crippen molar-refractivity contribution in [2.24, 2.45) is 17.2 Å². The van der Waals surface area contributed by atoms with Crippen LogP contribution in [0.4, 0.5) is 0 Å². The summed E-state index contributed by atoms with van der Waals surface area (Å²) in [5.74, 6) is -0.137. The van der Waals surface area contributed by atoms with Gasteiger partial charge in [0.05, 0.1) is 24.5 Å². The molecule has 1 aliphatic heterocycles. The van der Waals surface area contributed by atoms with Crippen LogP contribution in [0.2, 0.25) is 0 Å². The molecule has 1 heterocycles. The number of benzene rings is 2. The maximum atomic E-state index is 11.8. The highest BCUT2D eigenvalue weighted by Crippen LogP contribution is 2.32. The largest absolute Gasteiger partial charge is 0.507 e. The first-order valence-corrected chi connectivity index (χ1v) is 10.3. The molecule has 0 saturated carbocycles. The zero-order valence-electron chi connectivity index (χ0n) is 18.3. The van der Waals surface area contributed by atoms with Gasteiger partial charge in [0.2, 0.25) is 0 Å². The number of nitrogens with zero attached hydrogens (tertiary/aromatic N) is 1. The molecule has 0 aliphatic carbocycles. The Bertz CT molecular complexity index is 1010. The number of esters is 1. The number of para-hydroxylation sites is 1. The molecule has 3 rings (SSSR count). The average Bonchev–Trinajstić information content (AvgIpc) is 2.81. The van der Waals surface area contributed by atoms with Gasteiger partial charge >= 0.3 is 5.97 Å². The molecule has 0 radical (unpaired) electrons. The summed E-state index contributed by atoms with van der Waals surface area (Å²) in [5, 5.41) is 10.1. The van der Waals surface area contributed by atoms with Crippen molar-refractivity contribution in [1.29, 1.82) is 0 Å². The van der Waals surface area contributed by atoms with Crippen molar-refractivity contribution in [2.45, 2.75) is 18.4 Å². The summed E-state index contributed by atoms with van der Waals surface area (Å²) in [6.45, 7) is 1.26. The van der Waals surface area contributed by atoms with E-state index in [1.807, 2.05) is 12.1 Å². The number of nitrogens with two attached hydrogens (primary N) is 3. The number of allylic oxidation sites excluding steroid dienone is 1. The predicted octanol–water partition coefficient (Wildman–Crippen LogP) is 2.07. The molecular formula is C24H30N4O4. The van der Waals surface area contributed by atoms with Crippen molar-refractivity contribution in [3.63, 3.8) is 0 Å². The summed E-state index contributed by atoms with van der Waals surface area (Å²) in [4.78, 5) is 13.8. The molecular weight excluding hydrogens is 408 g/mol. The smallest absolute Gasteiger partial charge is 0.337 e. The minimum absolute atomic E-state index is 0.00466. The summed E-state index contributed by atoms with van der Waals surface area (Å²) in [5.41, 5.74) is 21.3. The van der Waals surface area contributed by atoms with Crippen LogP contribution in [0.5, 0.6) is 5.75 Å². The average molecular weight is 439 g/mol. The second-order valence-corrected chi connectivity index (χ2v) is 7.69. The number of hydrogen-bond donors (Lipinski definition) is 4. The van der Waals surface area contributed by atoms with Crippen LogP contribution < -0.4 is 17.2 Å². The SMILES string of the molecule is COC(=O)c1ccc(C2CN(C(/C=C(\N)c3ccccc3O)=C(N)N)CCC2OC)cc1. The Kier molecular flexibility index (Phi) is 7.27. The molecule has 8 heteroatoms. The van der Waals surface area contributed by atoms with Gasteiger partial charge in [-0.3, -0.25) is 0 Å². The van der Waals surface area contributed by atoms with E-state index in [1.165, 1.54) is 7.11 Å². The summed E-state index contributed by atoms with van der Waals surface area (Å²) in [6, 6.07) is 14.1. The highest BCUT2D eigenvalue weighted by atomic mass is 16.5. The number of phenolic OH excluding ortho intramolecular Hbond substituents is 1. The monoisotopic (exact) mass is 438 g/mol. The third-order valence-electron chi connectivity index (χ3n) is 5.76. The zero-order chi connectivity index (χ0) is 23.3. The molecule has 1 aliphatic rings. The van der Waals surface area contributed by atoms with Gasteiger partial charge in [0.1, 0.15) is 11.6 Å². The molecule has 0 bridgehead atoms. The standard InChI is InChI=1S/C24H30N4O4/c1-31-22-11-12-28(14-18(22)15-7-9-16(10-8-15)24(30)32-2)20(23(26)27)13-19(25)17-5-3-4-6-21(17)29/h3-10,13,18,22,29H,11-12,14,25-27H2,1-2H3/b19-13-. The minimum atomic E-state index is -0.379. The third-order valence-corrected chi connectivity index (χ3v) is 5.76. The first-order valence-electron chi connectivity index (χ1n) is 10.3. The Labute approximate surface area is 187 Å². The number of carbonyl (C=O) groups excluding carboxylic acids is 1. The number of aromatic hydroxyl groups is 1. The molecule has 1 saturated heterocycles. The van der Waals surface area contributed by atoms with E-state index in [9.17, 15) is 9.90 Å². The lowest BCUT2D eigenvalue weighted by atomic mass is 9.87. The summed E-state index contributed by atoms with van der Waals surface area (Å²) in [7, 11) is 3.05. The topological polar surface area (TPSA) is 137 Å². The Morgan fingerprint density at radius 2 is 1.78 bits per heavy atom. The van der Waals surface area contributed by atoms with Gasteiger partial charge in [0, 0.05) is 37.4 Å². The fourth-order valence-electron chi connectivity index (χ4n) is 4.04. The maximum absolute atomic E-state index is 11.8. The summed E-state index contributed by atoms with van der Waals surface area (Å²) < 4.78 is 10.5. The molecule has 32 heavy (non-hydrogen) atoms. The maximum Gasteiger partial charge on any atom is 0.337 e. The van der Waals surface area contributed by atoms with Crippen LogP contribution >= 0.6 is 0 Å². The molecule has 0 amide bonds. The number of ether oxygens (including phenoxy) is 2. The van der Waals surface area contributed by atoms with Gasteiger partial charge in [-0.15, -0.1) is 0 Å². The number of hydrogen-bond acceptors (Lipinski definition) is 8. The van der Waals surface area contributed by atoms with E-state index >= 15 is 0 Å². The lowest BCUT2D eigenvalue weighted by molar-refractivity contribution is 0.0318. The van der Waals surface area contributed by atoms with E-state index in [4.69, 9.17) is 26.7 Å². The normalized spacial score (nSPS) is 18.8. The Balaban J connectivity index is 1.89. The molecule has 2 unspecified atom stereocenters. The zero-order valence-corrected chi connectivity index (χ0v) is 18.3. The van der Waals surface area contributed by atoms with Gasteiger partial charge in [-0.05, 0) is 42.3 Å². The Morgan fingerprint density at radius 3 is 2.38 bits per heavy atom. The van der Waals surface area contributed by atoms with Gasteiger partial charge in [0.15, 0.2) is 0 Å². The van der Waals surface area contributed by atoms with Crippen LogP contribution in [-0.4, -0.2) is 49.4 Å². The molecule has 170 valence electrons. The second-order valence-electron chi connectivity index (χ2n) is 7.69. The lowest BCUT2D eigenvalue weighted by Gasteiger charge is -2.40. The molecule has 7 N–H and O–H groups in total. The fraction of sp³-hybridized carbons (Fsp3) is 0.292. The van der Waals surface area contributed by atoms with Crippen molar-refractivity contribution in [1.82, 2.24) is 4.90 Å². The number of rotatable bonds is 6. The second kappa shape index (κ2) is 10.1. The number of phenols is 1. The molecule has 1 fully saturated rings. The van der Waals surface area contributed by atoms with Crippen molar-refractivity contribution < 1.29 is 19.4 Å². The first kappa shape index (κ1) is 23.0. The van der Waals surface area contributed by atoms with E-state index < -0.39 is 0 Å². The third kappa shape index (κ3) is 4.97. The fourth-order valence-corrected chi connectivity index (χ4v) is 4.04. The highest BCUT2D eigenvalue weighted by molar-refractivity contribution is 5.89. The van der Waals surface area contributed by atoms with Crippen molar-refractivity contribution in [2.75, 3.05) is 27.3 Å². The number of carbonyl (C=O) groups is 1. The van der Waals surface area contributed by atoms with E-state index in [1.54, 1.807) is 49.6 Å². The van der Waals surface area contributed by atoms with Gasteiger partial charge in [-0.1, -0.05) is 24.3 Å². The molecule has 2 aromatic carbocycles. The van der Waals surface area contributed by atoms with E-state index in [0.717, 1.165) is 12.0 Å². The number of methoxy groups -OCH3 is 2. The van der Waals surface area contributed by atoms with Crippen LogP contribution in [0.15, 0.2) is 66.1 Å². The van der Waals surface area contributed by atoms with Crippen LogP contribution in [-0.2, 0) is 9.47 Å².